The van der Waals surface area contributed by atoms with Crippen molar-refractivity contribution < 1.29 is 29.0 Å². The fourth-order valence-electron chi connectivity index (χ4n) is 4.39. The number of hydrogen-bond acceptors (Lipinski definition) is 7. The zero-order valence-electron chi connectivity index (χ0n) is 23.2. The molecule has 11 heteroatoms. The van der Waals surface area contributed by atoms with Crippen LogP contribution in [0.2, 0.25) is 0 Å². The molecule has 0 radical (unpaired) electrons. The number of aliphatic hydroxyl groups is 1. The van der Waals surface area contributed by atoms with E-state index in [0.717, 1.165) is 16.7 Å². The number of ether oxygens (including phenoxy) is 2. The second-order valence-electron chi connectivity index (χ2n) is 9.98. The van der Waals surface area contributed by atoms with E-state index in [2.05, 4.69) is 16.0 Å². The van der Waals surface area contributed by atoms with E-state index in [1.165, 1.54) is 23.8 Å². The summed E-state index contributed by atoms with van der Waals surface area (Å²) in [5.74, 6) is 0.463. The highest BCUT2D eigenvalue weighted by Gasteiger charge is 2.49. The molecule has 0 bridgehead atoms. The first-order valence-electron chi connectivity index (χ1n) is 12.7. The number of methoxy groups -OCH3 is 2. The van der Waals surface area contributed by atoms with Gasteiger partial charge in [-0.05, 0) is 56.5 Å². The van der Waals surface area contributed by atoms with Crippen molar-refractivity contribution in [2.75, 3.05) is 20.1 Å². The highest BCUT2D eigenvalue weighted by molar-refractivity contribution is 8.00. The third kappa shape index (κ3) is 7.36. The molecule has 2 aromatic carbocycles. The van der Waals surface area contributed by atoms with Crippen LogP contribution in [-0.4, -0.2) is 70.9 Å². The smallest absolute Gasteiger partial charge is 0.315 e. The number of aryl methyl sites for hydroxylation is 1. The Bertz CT molecular complexity index is 1190. The lowest BCUT2D eigenvalue weighted by atomic mass is 9.99. The maximum atomic E-state index is 13.3. The molecule has 10 nitrogen and oxygen atoms in total. The van der Waals surface area contributed by atoms with Gasteiger partial charge in [0.1, 0.15) is 6.04 Å². The lowest BCUT2D eigenvalue weighted by molar-refractivity contribution is -0.147. The molecule has 0 spiro atoms. The Balaban J connectivity index is 1.58. The molecule has 4 N–H and O–H groups in total. The fourth-order valence-corrected chi connectivity index (χ4v) is 5.53. The quantitative estimate of drug-likeness (QED) is 0.353. The van der Waals surface area contributed by atoms with Crippen LogP contribution in [0.4, 0.5) is 4.79 Å². The minimum atomic E-state index is -1.53. The van der Waals surface area contributed by atoms with Gasteiger partial charge in [0.2, 0.25) is 5.91 Å². The van der Waals surface area contributed by atoms with Crippen LogP contribution in [0.15, 0.2) is 42.5 Å². The summed E-state index contributed by atoms with van der Waals surface area (Å²) in [5, 5.41) is 19.1. The third-order valence-electron chi connectivity index (χ3n) is 6.78. The lowest BCUT2D eigenvalue weighted by Gasteiger charge is -2.32. The first-order chi connectivity index (χ1) is 18.5. The number of nitrogens with zero attached hydrogens (tertiary/aromatic N) is 1. The van der Waals surface area contributed by atoms with Gasteiger partial charge in [-0.15, -0.1) is 11.8 Å². The van der Waals surface area contributed by atoms with Crippen molar-refractivity contribution in [1.29, 1.82) is 0 Å². The molecule has 39 heavy (non-hydrogen) atoms. The normalized spacial score (nSPS) is 17.6. The Labute approximate surface area is 233 Å². The number of carbonyl (C=O) groups excluding carboxylic acids is 3. The average molecular weight is 559 g/mol. The topological polar surface area (TPSA) is 129 Å². The summed E-state index contributed by atoms with van der Waals surface area (Å²) in [6.07, 6.45) is -1.53. The Morgan fingerprint density at radius 3 is 2.44 bits per heavy atom. The molecule has 1 aliphatic heterocycles. The number of amides is 4. The van der Waals surface area contributed by atoms with E-state index in [-0.39, 0.29) is 18.3 Å². The summed E-state index contributed by atoms with van der Waals surface area (Å²) in [5.41, 5.74) is 2.83. The molecule has 1 saturated heterocycles. The van der Waals surface area contributed by atoms with Crippen LogP contribution in [-0.2, 0) is 22.7 Å². The highest BCUT2D eigenvalue weighted by atomic mass is 32.2. The van der Waals surface area contributed by atoms with Gasteiger partial charge in [-0.1, -0.05) is 30.3 Å². The zero-order chi connectivity index (χ0) is 28.7. The molecule has 1 aliphatic rings. The molecule has 1 fully saturated rings. The minimum Gasteiger partial charge on any atom is -0.493 e. The van der Waals surface area contributed by atoms with E-state index >= 15 is 0 Å². The number of urea groups is 1. The molecule has 212 valence electrons. The van der Waals surface area contributed by atoms with Gasteiger partial charge in [-0.3, -0.25) is 9.59 Å². The summed E-state index contributed by atoms with van der Waals surface area (Å²) in [4.78, 5) is 40.4. The molecule has 0 unspecified atom stereocenters. The molecule has 0 aromatic heterocycles. The van der Waals surface area contributed by atoms with Crippen LogP contribution in [0.25, 0.3) is 0 Å². The second kappa shape index (κ2) is 13.1. The molecule has 0 aliphatic carbocycles. The Kier molecular flexibility index (Phi) is 10.1. The summed E-state index contributed by atoms with van der Waals surface area (Å²) < 4.78 is 9.94. The van der Waals surface area contributed by atoms with E-state index in [1.807, 2.05) is 45.0 Å². The van der Waals surface area contributed by atoms with Gasteiger partial charge in [0, 0.05) is 17.8 Å². The summed E-state index contributed by atoms with van der Waals surface area (Å²) >= 11 is 1.47. The third-order valence-corrected chi connectivity index (χ3v) is 8.15. The standard InChI is InChI=1S/C28H38N4O6S/c1-17-9-7-8-10-20(17)15-29-25(34)24-28(3,4)39-16-32(24)26(35)23(33)18(2)31-27(36)30-14-19-11-12-21(37-5)22(13-19)38-6/h7-13,18,23-24,33H,14-16H2,1-6H3,(H,29,34)(H2,30,31,36)/t18-,23-,24+/m0/s1. The molecule has 1 heterocycles. The van der Waals surface area contributed by atoms with Crippen molar-refractivity contribution in [3.05, 3.63) is 59.2 Å². The first kappa shape index (κ1) is 30.1. The summed E-state index contributed by atoms with van der Waals surface area (Å²) in [6, 6.07) is 10.8. The molecule has 0 saturated carbocycles. The number of hydrogen-bond donors (Lipinski definition) is 4. The summed E-state index contributed by atoms with van der Waals surface area (Å²) in [6.45, 7) is 7.85. The van der Waals surface area contributed by atoms with Gasteiger partial charge in [0.25, 0.3) is 5.91 Å². The largest absolute Gasteiger partial charge is 0.493 e. The van der Waals surface area contributed by atoms with Crippen LogP contribution < -0.4 is 25.4 Å². The second-order valence-corrected chi connectivity index (χ2v) is 11.6. The van der Waals surface area contributed by atoms with Crippen LogP contribution in [0.5, 0.6) is 11.5 Å². The van der Waals surface area contributed by atoms with Gasteiger partial charge in [-0.2, -0.15) is 0 Å². The van der Waals surface area contributed by atoms with Crippen molar-refractivity contribution in [3.63, 3.8) is 0 Å². The molecular weight excluding hydrogens is 520 g/mol. The Morgan fingerprint density at radius 2 is 1.77 bits per heavy atom. The van der Waals surface area contributed by atoms with Crippen LogP contribution in [0.1, 0.15) is 37.5 Å². The van der Waals surface area contributed by atoms with E-state index < -0.39 is 34.9 Å². The fraction of sp³-hybridized carbons (Fsp3) is 0.464. The number of benzene rings is 2. The van der Waals surface area contributed by atoms with Gasteiger partial charge in [0.05, 0.1) is 26.1 Å². The predicted octanol–water partition coefficient (Wildman–Crippen LogP) is 2.56. The zero-order valence-corrected chi connectivity index (χ0v) is 24.1. The maximum absolute atomic E-state index is 13.3. The number of nitrogens with one attached hydrogen (secondary N) is 3. The van der Waals surface area contributed by atoms with Gasteiger partial charge < -0.3 is 35.4 Å². The van der Waals surface area contributed by atoms with Crippen molar-refractivity contribution in [3.8, 4) is 11.5 Å². The molecule has 2 aromatic rings. The Hall–Kier alpha value is -3.44. The van der Waals surface area contributed by atoms with Crippen LogP contribution >= 0.6 is 11.8 Å². The number of aliphatic hydroxyl groups excluding tert-OH is 1. The first-order valence-corrected chi connectivity index (χ1v) is 13.7. The average Bonchev–Trinajstić information content (AvgIpc) is 3.24. The van der Waals surface area contributed by atoms with Crippen LogP contribution in [0.3, 0.4) is 0 Å². The van der Waals surface area contributed by atoms with E-state index in [9.17, 15) is 19.5 Å². The molecule has 4 amide bonds. The van der Waals surface area contributed by atoms with Gasteiger partial charge in [-0.25, -0.2) is 4.79 Å². The monoisotopic (exact) mass is 558 g/mol. The van der Waals surface area contributed by atoms with Gasteiger partial charge >= 0.3 is 6.03 Å². The predicted molar refractivity (Wildman–Crippen MR) is 151 cm³/mol. The number of carbonyl (C=O) groups is 3. The van der Waals surface area contributed by atoms with E-state index in [0.29, 0.717) is 18.0 Å². The maximum Gasteiger partial charge on any atom is 0.315 e. The molecule has 3 atom stereocenters. The minimum absolute atomic E-state index is 0.197. The van der Waals surface area contributed by atoms with Crippen molar-refractivity contribution >= 4 is 29.6 Å². The van der Waals surface area contributed by atoms with E-state index in [1.54, 1.807) is 32.2 Å². The molecular formula is C28H38N4O6S. The lowest BCUT2D eigenvalue weighted by Crippen LogP contribution is -2.58. The highest BCUT2D eigenvalue weighted by Crippen LogP contribution is 2.39. The molecule has 3 rings (SSSR count). The summed E-state index contributed by atoms with van der Waals surface area (Å²) in [7, 11) is 3.07. The van der Waals surface area contributed by atoms with Crippen molar-refractivity contribution in [1.82, 2.24) is 20.9 Å². The van der Waals surface area contributed by atoms with Gasteiger partial charge in [0.15, 0.2) is 17.6 Å². The Morgan fingerprint density at radius 1 is 1.08 bits per heavy atom. The number of thioether (sulfide) groups is 1. The van der Waals surface area contributed by atoms with Crippen molar-refractivity contribution in [2.45, 2.75) is 63.7 Å². The van der Waals surface area contributed by atoms with Crippen molar-refractivity contribution in [2.24, 2.45) is 0 Å². The number of rotatable bonds is 10. The van der Waals surface area contributed by atoms with Crippen LogP contribution in [0, 0.1) is 6.92 Å². The van der Waals surface area contributed by atoms with E-state index in [4.69, 9.17) is 9.47 Å². The SMILES string of the molecule is COc1ccc(CNC(=O)N[C@@H](C)[C@H](O)C(=O)N2CSC(C)(C)[C@H]2C(=O)NCc2ccccc2C)cc1OC.